The van der Waals surface area contributed by atoms with Gasteiger partial charge in [0.25, 0.3) is 5.91 Å². The number of aliphatic imine (C=N–C) groups is 2. The monoisotopic (exact) mass is 353 g/mol. The minimum absolute atomic E-state index is 0.104. The molecule has 9 nitrogen and oxygen atoms in total. The van der Waals surface area contributed by atoms with Gasteiger partial charge in [-0.15, -0.1) is 0 Å². The minimum atomic E-state index is -1.59. The van der Waals surface area contributed by atoms with Gasteiger partial charge >= 0.3 is 0 Å². The number of guanidine groups is 1. The summed E-state index contributed by atoms with van der Waals surface area (Å²) in [6.07, 6.45) is 0.125. The van der Waals surface area contributed by atoms with Gasteiger partial charge in [-0.25, -0.2) is 15.5 Å². The van der Waals surface area contributed by atoms with E-state index in [0.29, 0.717) is 38.6 Å². The summed E-state index contributed by atoms with van der Waals surface area (Å²) in [4.78, 5) is 35.7. The van der Waals surface area contributed by atoms with Crippen LogP contribution in [0.5, 0.6) is 0 Å². The summed E-state index contributed by atoms with van der Waals surface area (Å²) < 4.78 is 0. The number of carbonyl (C=O) groups excluding carboxylic acids is 2. The van der Waals surface area contributed by atoms with Crippen LogP contribution in [0.4, 0.5) is 0 Å². The van der Waals surface area contributed by atoms with Crippen molar-refractivity contribution in [1.82, 2.24) is 15.3 Å². The average molecular weight is 353 g/mol. The summed E-state index contributed by atoms with van der Waals surface area (Å²) in [6.45, 7) is 12.6. The van der Waals surface area contributed by atoms with E-state index in [2.05, 4.69) is 23.3 Å². The molecule has 1 aliphatic rings. The number of nitrogens with zero attached hydrogens (tertiary/aromatic N) is 4. The van der Waals surface area contributed by atoms with Crippen LogP contribution in [-0.4, -0.2) is 76.9 Å². The summed E-state index contributed by atoms with van der Waals surface area (Å²) in [5, 5.41) is 18.8. The lowest BCUT2D eigenvalue weighted by Gasteiger charge is -2.37. The van der Waals surface area contributed by atoms with Crippen molar-refractivity contribution in [1.29, 1.82) is 0 Å². The lowest BCUT2D eigenvalue weighted by atomic mass is 9.90. The van der Waals surface area contributed by atoms with E-state index in [-0.39, 0.29) is 11.8 Å². The Kier molecular flexibility index (Phi) is 8.23. The lowest BCUT2D eigenvalue weighted by molar-refractivity contribution is -0.151. The molecular formula is C16H27N5O4. The maximum Gasteiger partial charge on any atom is 0.272 e. The standard InChI is InChI=1S/C16H27N5O4/c1-5-18-16(17-4)21-8-6-20(7-9-21)15(24)12(10-11(2)3)13(22)14(23)19-25/h5,11-13,22,25H,1,4,6-10H2,2-3H3,(H,19,23)/t12-,13+/m0/s1. The molecule has 0 aromatic carbocycles. The van der Waals surface area contributed by atoms with E-state index in [1.54, 1.807) is 4.90 Å². The van der Waals surface area contributed by atoms with Crippen LogP contribution in [0.15, 0.2) is 22.8 Å². The van der Waals surface area contributed by atoms with Crippen LogP contribution >= 0.6 is 0 Å². The first-order valence-corrected chi connectivity index (χ1v) is 8.16. The van der Waals surface area contributed by atoms with Gasteiger partial charge in [0.1, 0.15) is 6.10 Å². The fourth-order valence-electron chi connectivity index (χ4n) is 2.79. The van der Waals surface area contributed by atoms with Crippen molar-refractivity contribution >= 4 is 24.5 Å². The molecule has 25 heavy (non-hydrogen) atoms. The van der Waals surface area contributed by atoms with Crippen molar-refractivity contribution < 1.29 is 19.9 Å². The Hall–Kier alpha value is -2.26. The summed E-state index contributed by atoms with van der Waals surface area (Å²) in [5.74, 6) is -1.64. The molecule has 9 heteroatoms. The van der Waals surface area contributed by atoms with Gasteiger partial charge in [-0.3, -0.25) is 14.8 Å². The van der Waals surface area contributed by atoms with Crippen molar-refractivity contribution in [2.45, 2.75) is 26.4 Å². The van der Waals surface area contributed by atoms with Crippen molar-refractivity contribution in [3.05, 3.63) is 12.8 Å². The van der Waals surface area contributed by atoms with Gasteiger partial charge in [-0.05, 0) is 19.1 Å². The zero-order chi connectivity index (χ0) is 19.0. The van der Waals surface area contributed by atoms with Crippen LogP contribution in [0.3, 0.4) is 0 Å². The van der Waals surface area contributed by atoms with Crippen LogP contribution < -0.4 is 5.48 Å². The quantitative estimate of drug-likeness (QED) is 0.266. The average Bonchev–Trinajstić information content (AvgIpc) is 2.62. The molecule has 1 fully saturated rings. The molecule has 140 valence electrons. The van der Waals surface area contributed by atoms with Crippen LogP contribution in [0.25, 0.3) is 0 Å². The summed E-state index contributed by atoms with van der Waals surface area (Å²) in [6, 6.07) is 0. The molecule has 2 atom stereocenters. The van der Waals surface area contributed by atoms with Gasteiger partial charge in [-0.2, -0.15) is 0 Å². The highest BCUT2D eigenvalue weighted by atomic mass is 16.5. The molecular weight excluding hydrogens is 326 g/mol. The number of piperazine rings is 1. The first-order chi connectivity index (χ1) is 11.8. The highest BCUT2D eigenvalue weighted by molar-refractivity contribution is 5.89. The van der Waals surface area contributed by atoms with Crippen molar-refractivity contribution in [3.8, 4) is 0 Å². The molecule has 1 aliphatic heterocycles. The van der Waals surface area contributed by atoms with Gasteiger partial charge in [0.05, 0.1) is 5.92 Å². The molecule has 1 saturated heterocycles. The second kappa shape index (κ2) is 9.90. The minimum Gasteiger partial charge on any atom is -0.382 e. The van der Waals surface area contributed by atoms with E-state index in [0.717, 1.165) is 0 Å². The van der Waals surface area contributed by atoms with Crippen LogP contribution in [0.2, 0.25) is 0 Å². The molecule has 0 saturated carbocycles. The number of carbonyl (C=O) groups is 2. The van der Waals surface area contributed by atoms with Gasteiger partial charge in [0.15, 0.2) is 0 Å². The zero-order valence-corrected chi connectivity index (χ0v) is 14.8. The maximum atomic E-state index is 12.8. The van der Waals surface area contributed by atoms with Crippen LogP contribution in [0, 0.1) is 11.8 Å². The Bertz CT molecular complexity index is 527. The number of aliphatic hydroxyl groups is 1. The number of amides is 2. The van der Waals surface area contributed by atoms with E-state index in [1.807, 2.05) is 18.7 Å². The van der Waals surface area contributed by atoms with Gasteiger partial charge in [0.2, 0.25) is 11.9 Å². The fourth-order valence-corrected chi connectivity index (χ4v) is 2.79. The molecule has 2 amide bonds. The predicted molar refractivity (Wildman–Crippen MR) is 94.2 cm³/mol. The second-order valence-corrected chi connectivity index (χ2v) is 6.24. The molecule has 0 aromatic rings. The predicted octanol–water partition coefficient (Wildman–Crippen LogP) is -0.141. The highest BCUT2D eigenvalue weighted by Gasteiger charge is 2.36. The topological polar surface area (TPSA) is 118 Å². The maximum absolute atomic E-state index is 12.8. The summed E-state index contributed by atoms with van der Waals surface area (Å²) in [7, 11) is 0. The summed E-state index contributed by atoms with van der Waals surface area (Å²) in [5.41, 5.74) is 1.41. The van der Waals surface area contributed by atoms with E-state index in [4.69, 9.17) is 5.21 Å². The Morgan fingerprint density at radius 2 is 1.80 bits per heavy atom. The van der Waals surface area contributed by atoms with Gasteiger partial charge in [0, 0.05) is 32.4 Å². The molecule has 1 rings (SSSR count). The molecule has 0 aromatic heterocycles. The van der Waals surface area contributed by atoms with E-state index in [1.165, 1.54) is 11.7 Å². The molecule has 0 aliphatic carbocycles. The van der Waals surface area contributed by atoms with Crippen LogP contribution in [-0.2, 0) is 9.59 Å². The number of hydroxylamine groups is 1. The fraction of sp³-hybridized carbons (Fsp3) is 0.625. The Morgan fingerprint density at radius 1 is 1.24 bits per heavy atom. The number of hydrogen-bond donors (Lipinski definition) is 3. The third-order valence-corrected chi connectivity index (χ3v) is 4.02. The first-order valence-electron chi connectivity index (χ1n) is 8.16. The molecule has 0 spiro atoms. The van der Waals surface area contributed by atoms with Gasteiger partial charge in [-0.1, -0.05) is 20.4 Å². The first kappa shape index (κ1) is 20.8. The highest BCUT2D eigenvalue weighted by Crippen LogP contribution is 2.20. The summed E-state index contributed by atoms with van der Waals surface area (Å²) >= 11 is 0. The molecule has 0 bridgehead atoms. The van der Waals surface area contributed by atoms with Gasteiger partial charge < -0.3 is 14.9 Å². The van der Waals surface area contributed by atoms with Crippen molar-refractivity contribution in [2.75, 3.05) is 26.2 Å². The zero-order valence-electron chi connectivity index (χ0n) is 14.8. The third-order valence-electron chi connectivity index (χ3n) is 4.02. The van der Waals surface area contributed by atoms with E-state index < -0.39 is 17.9 Å². The molecule has 1 heterocycles. The molecule has 3 N–H and O–H groups in total. The number of nitrogens with one attached hydrogen (secondary N) is 1. The van der Waals surface area contributed by atoms with Crippen molar-refractivity contribution in [3.63, 3.8) is 0 Å². The number of hydrogen-bond acceptors (Lipinski definition) is 5. The molecule has 0 radical (unpaired) electrons. The smallest absolute Gasteiger partial charge is 0.272 e. The number of aliphatic hydroxyl groups excluding tert-OH is 1. The van der Waals surface area contributed by atoms with Crippen molar-refractivity contribution in [2.24, 2.45) is 21.8 Å². The number of rotatable bonds is 6. The lowest BCUT2D eigenvalue weighted by Crippen LogP contribution is -2.54. The molecule has 0 unspecified atom stereocenters. The largest absolute Gasteiger partial charge is 0.382 e. The van der Waals surface area contributed by atoms with E-state index in [9.17, 15) is 14.7 Å². The van der Waals surface area contributed by atoms with Crippen LogP contribution in [0.1, 0.15) is 20.3 Å². The third kappa shape index (κ3) is 5.64. The Morgan fingerprint density at radius 3 is 2.24 bits per heavy atom. The van der Waals surface area contributed by atoms with E-state index >= 15 is 0 Å². The Labute approximate surface area is 147 Å². The second-order valence-electron chi connectivity index (χ2n) is 6.24. The Balaban J connectivity index is 2.80. The normalized spacial score (nSPS) is 17.9. The SMILES string of the molecule is C=CN=C(N=C)N1CCN(C(=O)[C@@H](CC(C)C)[C@@H](O)C(=O)NO)CC1.